The quantitative estimate of drug-likeness (QED) is 0.588. The summed E-state index contributed by atoms with van der Waals surface area (Å²) in [6.07, 6.45) is 1.19. The van der Waals surface area contributed by atoms with E-state index in [9.17, 15) is 13.2 Å². The second-order valence-corrected chi connectivity index (χ2v) is 9.32. The van der Waals surface area contributed by atoms with Crippen LogP contribution in [0.4, 0.5) is 11.4 Å². The molecule has 3 rings (SSSR count). The maximum atomic E-state index is 12.5. The lowest BCUT2D eigenvalue weighted by atomic mass is 10.1. The van der Waals surface area contributed by atoms with Crippen molar-refractivity contribution in [1.82, 2.24) is 0 Å². The third-order valence-corrected chi connectivity index (χ3v) is 6.21. The molecule has 0 aliphatic carbocycles. The molecule has 0 spiro atoms. The van der Waals surface area contributed by atoms with Gasteiger partial charge in [-0.2, -0.15) is 0 Å². The number of carbonyl (C=O) groups excluding carboxylic acids is 1. The summed E-state index contributed by atoms with van der Waals surface area (Å²) in [6.45, 7) is 4.12. The number of rotatable bonds is 7. The zero-order chi connectivity index (χ0) is 22.6. The van der Waals surface area contributed by atoms with Gasteiger partial charge in [0.2, 0.25) is 10.0 Å². The number of nitrogens with one attached hydrogen (secondary N) is 1. The molecule has 0 radical (unpaired) electrons. The van der Waals surface area contributed by atoms with Crippen molar-refractivity contribution in [3.05, 3.63) is 89.0 Å². The summed E-state index contributed by atoms with van der Waals surface area (Å²) >= 11 is 0. The van der Waals surface area contributed by atoms with E-state index in [-0.39, 0.29) is 12.5 Å². The molecular formula is C24H26N2O4S. The third kappa shape index (κ3) is 5.64. The van der Waals surface area contributed by atoms with Gasteiger partial charge in [-0.1, -0.05) is 18.2 Å². The molecule has 0 heterocycles. The van der Waals surface area contributed by atoms with Crippen LogP contribution in [0.25, 0.3) is 0 Å². The van der Waals surface area contributed by atoms with E-state index in [1.807, 2.05) is 26.0 Å². The second-order valence-electron chi connectivity index (χ2n) is 7.42. The van der Waals surface area contributed by atoms with E-state index < -0.39 is 10.0 Å². The summed E-state index contributed by atoms with van der Waals surface area (Å²) < 4.78 is 31.3. The predicted molar refractivity (Wildman–Crippen MR) is 124 cm³/mol. The number of aryl methyl sites for hydroxylation is 2. The molecule has 0 aliphatic heterocycles. The molecule has 1 N–H and O–H groups in total. The zero-order valence-corrected chi connectivity index (χ0v) is 18.9. The van der Waals surface area contributed by atoms with Gasteiger partial charge in [0.1, 0.15) is 5.75 Å². The summed E-state index contributed by atoms with van der Waals surface area (Å²) in [6, 6.07) is 19.6. The average molecular weight is 439 g/mol. The fraction of sp³-hybridized carbons (Fsp3) is 0.208. The Labute approximate surface area is 183 Å². The number of anilines is 2. The van der Waals surface area contributed by atoms with Crippen LogP contribution in [0.1, 0.15) is 27.0 Å². The highest BCUT2D eigenvalue weighted by Crippen LogP contribution is 2.24. The van der Waals surface area contributed by atoms with Crippen molar-refractivity contribution in [1.29, 1.82) is 0 Å². The van der Waals surface area contributed by atoms with Gasteiger partial charge >= 0.3 is 0 Å². The van der Waals surface area contributed by atoms with Crippen LogP contribution >= 0.6 is 0 Å². The van der Waals surface area contributed by atoms with Gasteiger partial charge in [0.25, 0.3) is 5.91 Å². The van der Waals surface area contributed by atoms with Crippen LogP contribution < -0.4 is 14.4 Å². The summed E-state index contributed by atoms with van der Waals surface area (Å²) in [5, 5.41) is 2.83. The van der Waals surface area contributed by atoms with E-state index in [2.05, 4.69) is 5.32 Å². The van der Waals surface area contributed by atoms with Crippen LogP contribution in [0.15, 0.2) is 66.7 Å². The second kappa shape index (κ2) is 9.22. The fourth-order valence-corrected chi connectivity index (χ4v) is 3.97. The Morgan fingerprint density at radius 2 is 1.58 bits per heavy atom. The maximum absolute atomic E-state index is 12.5. The van der Waals surface area contributed by atoms with Crippen molar-refractivity contribution in [2.24, 2.45) is 0 Å². The molecule has 0 aliphatic rings. The molecule has 0 atom stereocenters. The largest absolute Gasteiger partial charge is 0.497 e. The van der Waals surface area contributed by atoms with Gasteiger partial charge in [-0.05, 0) is 79.1 Å². The zero-order valence-electron chi connectivity index (χ0n) is 18.0. The Morgan fingerprint density at radius 1 is 0.935 bits per heavy atom. The van der Waals surface area contributed by atoms with Gasteiger partial charge in [0.05, 0.1) is 25.6 Å². The van der Waals surface area contributed by atoms with Crippen molar-refractivity contribution in [3.63, 3.8) is 0 Å². The number of hydrogen-bond donors (Lipinski definition) is 1. The number of benzene rings is 3. The third-order valence-electron chi connectivity index (χ3n) is 5.07. The molecule has 0 aromatic heterocycles. The molecule has 0 bridgehead atoms. The summed E-state index contributed by atoms with van der Waals surface area (Å²) in [4.78, 5) is 12.5. The smallest absolute Gasteiger partial charge is 0.255 e. The molecule has 3 aromatic carbocycles. The van der Waals surface area contributed by atoms with E-state index in [4.69, 9.17) is 4.74 Å². The van der Waals surface area contributed by atoms with Gasteiger partial charge in [-0.15, -0.1) is 0 Å². The van der Waals surface area contributed by atoms with E-state index >= 15 is 0 Å². The predicted octanol–water partition coefficient (Wildman–Crippen LogP) is 4.53. The minimum Gasteiger partial charge on any atom is -0.497 e. The average Bonchev–Trinajstić information content (AvgIpc) is 2.74. The van der Waals surface area contributed by atoms with E-state index in [1.165, 1.54) is 10.6 Å². The lowest BCUT2D eigenvalue weighted by Crippen LogP contribution is -2.29. The highest BCUT2D eigenvalue weighted by molar-refractivity contribution is 7.92. The first-order chi connectivity index (χ1) is 14.7. The molecule has 7 heteroatoms. The van der Waals surface area contributed by atoms with E-state index in [0.29, 0.717) is 22.7 Å². The molecule has 162 valence electrons. The number of carbonyl (C=O) groups is 1. The van der Waals surface area contributed by atoms with Crippen molar-refractivity contribution >= 4 is 27.3 Å². The van der Waals surface area contributed by atoms with Crippen molar-refractivity contribution < 1.29 is 17.9 Å². The molecule has 3 aromatic rings. The minimum absolute atomic E-state index is 0.182. The molecule has 0 saturated heterocycles. The Kier molecular flexibility index (Phi) is 6.65. The Bertz CT molecular complexity index is 1170. The van der Waals surface area contributed by atoms with Crippen molar-refractivity contribution in [2.45, 2.75) is 20.4 Å². The van der Waals surface area contributed by atoms with Gasteiger partial charge in [0, 0.05) is 11.3 Å². The van der Waals surface area contributed by atoms with Gasteiger partial charge < -0.3 is 10.1 Å². The van der Waals surface area contributed by atoms with Crippen LogP contribution in [0.3, 0.4) is 0 Å². The van der Waals surface area contributed by atoms with Crippen LogP contribution in [0.2, 0.25) is 0 Å². The van der Waals surface area contributed by atoms with Crippen LogP contribution in [-0.2, 0) is 16.6 Å². The van der Waals surface area contributed by atoms with Gasteiger partial charge in [-0.3, -0.25) is 9.10 Å². The highest BCUT2D eigenvalue weighted by Gasteiger charge is 2.18. The van der Waals surface area contributed by atoms with E-state index in [0.717, 1.165) is 16.7 Å². The SMILES string of the molecule is COc1ccc(NC(=O)c2ccc(CN(c3ccc(C)c(C)c3)S(C)(=O)=O)cc2)cc1. The monoisotopic (exact) mass is 438 g/mol. The topological polar surface area (TPSA) is 75.7 Å². The van der Waals surface area contributed by atoms with E-state index in [1.54, 1.807) is 61.7 Å². The van der Waals surface area contributed by atoms with Crippen LogP contribution in [-0.4, -0.2) is 27.7 Å². The molecule has 0 saturated carbocycles. The molecular weight excluding hydrogens is 412 g/mol. The standard InChI is InChI=1S/C24H26N2O4S/c1-17-5-12-22(15-18(17)2)26(31(4,28)29)16-19-6-8-20(9-7-19)24(27)25-21-10-13-23(30-3)14-11-21/h5-15H,16H2,1-4H3,(H,25,27). The number of ether oxygens (including phenoxy) is 1. The summed E-state index contributed by atoms with van der Waals surface area (Å²) in [5.74, 6) is 0.465. The fourth-order valence-electron chi connectivity index (χ4n) is 3.09. The normalized spacial score (nSPS) is 11.1. The number of sulfonamides is 1. The Balaban J connectivity index is 1.75. The first kappa shape index (κ1) is 22.4. The number of methoxy groups -OCH3 is 1. The summed E-state index contributed by atoms with van der Waals surface area (Å²) in [7, 11) is -1.89. The molecule has 0 unspecified atom stereocenters. The number of hydrogen-bond acceptors (Lipinski definition) is 4. The summed E-state index contributed by atoms with van der Waals surface area (Å²) in [5.41, 5.74) is 4.67. The maximum Gasteiger partial charge on any atom is 0.255 e. The number of nitrogens with zero attached hydrogens (tertiary/aromatic N) is 1. The van der Waals surface area contributed by atoms with Crippen molar-refractivity contribution in [3.8, 4) is 5.75 Å². The molecule has 0 fully saturated rings. The van der Waals surface area contributed by atoms with Crippen LogP contribution in [0, 0.1) is 13.8 Å². The number of amides is 1. The van der Waals surface area contributed by atoms with Gasteiger partial charge in [0.15, 0.2) is 0 Å². The minimum atomic E-state index is -3.47. The van der Waals surface area contributed by atoms with Crippen LogP contribution in [0.5, 0.6) is 5.75 Å². The lowest BCUT2D eigenvalue weighted by molar-refractivity contribution is 0.102. The molecule has 31 heavy (non-hydrogen) atoms. The van der Waals surface area contributed by atoms with Gasteiger partial charge in [-0.25, -0.2) is 8.42 Å². The Hall–Kier alpha value is -3.32. The van der Waals surface area contributed by atoms with Crippen molar-refractivity contribution in [2.75, 3.05) is 23.0 Å². The first-order valence-electron chi connectivity index (χ1n) is 9.76. The molecule has 6 nitrogen and oxygen atoms in total. The Morgan fingerprint density at radius 3 is 2.13 bits per heavy atom. The highest BCUT2D eigenvalue weighted by atomic mass is 32.2. The first-order valence-corrected chi connectivity index (χ1v) is 11.6. The lowest BCUT2D eigenvalue weighted by Gasteiger charge is -2.23. The molecule has 1 amide bonds.